The Kier molecular flexibility index (Phi) is 5.12. The topological polar surface area (TPSA) is 94.0 Å². The highest BCUT2D eigenvalue weighted by atomic mass is 35.5. The largest absolute Gasteiger partial charge is 1.00 e. The molecule has 5 nitrogen and oxygen atoms in total. The van der Waals surface area contributed by atoms with E-state index in [1.807, 2.05) is 6.92 Å². The molecule has 5 N–H and O–H groups in total. The first-order valence-corrected chi connectivity index (χ1v) is 9.69. The maximum atomic E-state index is 12.7. The lowest BCUT2D eigenvalue weighted by Crippen LogP contribution is -3.00. The SMILES string of the molecule is CC1(C)[C@@H]2C[C@@H](O)[C@](C)(NS(=O)(=O)c3ccc(C[NH3+])cc3)C[C@@H]21.[Cl-]. The van der Waals surface area contributed by atoms with E-state index in [-0.39, 0.29) is 22.7 Å². The molecule has 0 amide bonds. The lowest BCUT2D eigenvalue weighted by molar-refractivity contribution is -0.386. The molecule has 2 aliphatic carbocycles. The Morgan fingerprint density at radius 1 is 1.21 bits per heavy atom. The van der Waals surface area contributed by atoms with Crippen LogP contribution in [-0.4, -0.2) is 25.2 Å². The molecule has 2 saturated carbocycles. The van der Waals surface area contributed by atoms with Crippen LogP contribution in [0.25, 0.3) is 0 Å². The highest BCUT2D eigenvalue weighted by Gasteiger charge is 2.64. The molecule has 0 aromatic heterocycles. The Hall–Kier alpha value is -0.660. The standard InChI is InChI=1S/C17H26N2O3S.ClH/c1-16(2)13-8-15(20)17(3,9-14(13)16)19-23(21,22)12-6-4-11(10-18)5-7-12;/h4-7,13-15,19-20H,8-10,18H2,1-3H3;1H/t13-,14+,15-,17-;/m1./s1. The molecular weight excluding hydrogens is 348 g/mol. The first-order valence-electron chi connectivity index (χ1n) is 8.20. The first kappa shape index (κ1) is 19.7. The van der Waals surface area contributed by atoms with Crippen LogP contribution >= 0.6 is 0 Å². The minimum absolute atomic E-state index is 0. The molecule has 3 rings (SSSR count). The van der Waals surface area contributed by atoms with Gasteiger partial charge >= 0.3 is 0 Å². The third kappa shape index (κ3) is 3.22. The summed E-state index contributed by atoms with van der Waals surface area (Å²) >= 11 is 0. The summed E-state index contributed by atoms with van der Waals surface area (Å²) in [6.45, 7) is 6.85. The molecule has 0 bridgehead atoms. The van der Waals surface area contributed by atoms with Crippen molar-refractivity contribution in [3.8, 4) is 0 Å². The van der Waals surface area contributed by atoms with Crippen molar-refractivity contribution in [2.75, 3.05) is 0 Å². The number of aliphatic hydroxyl groups excluding tert-OH is 1. The molecule has 2 fully saturated rings. The molecule has 0 spiro atoms. The van der Waals surface area contributed by atoms with Gasteiger partial charge in [-0.2, -0.15) is 0 Å². The van der Waals surface area contributed by atoms with Gasteiger partial charge < -0.3 is 23.2 Å². The van der Waals surface area contributed by atoms with Crippen molar-refractivity contribution in [1.82, 2.24) is 4.72 Å². The fourth-order valence-electron chi connectivity index (χ4n) is 4.14. The van der Waals surface area contributed by atoms with Gasteiger partial charge in [0.05, 0.1) is 23.1 Å². The molecule has 24 heavy (non-hydrogen) atoms. The third-order valence-corrected chi connectivity index (χ3v) is 7.66. The summed E-state index contributed by atoms with van der Waals surface area (Å²) in [5.41, 5.74) is 4.19. The summed E-state index contributed by atoms with van der Waals surface area (Å²) in [5.74, 6) is 0.985. The normalized spacial score (nSPS) is 34.1. The molecule has 2 aliphatic rings. The molecular formula is C17H27ClN2O3S. The summed E-state index contributed by atoms with van der Waals surface area (Å²) in [6, 6.07) is 6.76. The maximum absolute atomic E-state index is 12.7. The molecule has 136 valence electrons. The number of nitrogens with one attached hydrogen (secondary N) is 1. The number of rotatable bonds is 4. The summed E-state index contributed by atoms with van der Waals surface area (Å²) in [5, 5.41) is 10.5. The fourth-order valence-corrected chi connectivity index (χ4v) is 5.58. The van der Waals surface area contributed by atoms with Gasteiger partial charge in [-0.25, -0.2) is 13.1 Å². The number of sulfonamides is 1. The molecule has 4 atom stereocenters. The number of aliphatic hydroxyl groups is 1. The van der Waals surface area contributed by atoms with Crippen LogP contribution in [0.5, 0.6) is 0 Å². The molecule has 0 heterocycles. The summed E-state index contributed by atoms with van der Waals surface area (Å²) in [7, 11) is -3.65. The van der Waals surface area contributed by atoms with Gasteiger partial charge in [0, 0.05) is 5.56 Å². The van der Waals surface area contributed by atoms with Gasteiger partial charge in [0.25, 0.3) is 0 Å². The van der Waals surface area contributed by atoms with Gasteiger partial charge in [-0.05, 0) is 49.1 Å². The summed E-state index contributed by atoms with van der Waals surface area (Å²) in [4.78, 5) is 0.236. The Morgan fingerprint density at radius 3 is 2.33 bits per heavy atom. The smallest absolute Gasteiger partial charge is 0.241 e. The van der Waals surface area contributed by atoms with E-state index in [9.17, 15) is 13.5 Å². The summed E-state index contributed by atoms with van der Waals surface area (Å²) < 4.78 is 28.2. The van der Waals surface area contributed by atoms with E-state index in [1.54, 1.807) is 24.3 Å². The number of benzene rings is 1. The lowest BCUT2D eigenvalue weighted by atomic mass is 9.82. The molecule has 0 aliphatic heterocycles. The monoisotopic (exact) mass is 374 g/mol. The molecule has 0 saturated heterocycles. The lowest BCUT2D eigenvalue weighted by Gasteiger charge is -2.38. The second-order valence-corrected chi connectivity index (χ2v) is 9.59. The highest BCUT2D eigenvalue weighted by Crippen LogP contribution is 2.66. The zero-order valence-corrected chi connectivity index (χ0v) is 16.0. The second-order valence-electron chi connectivity index (χ2n) is 7.91. The van der Waals surface area contributed by atoms with Crippen LogP contribution in [0.4, 0.5) is 0 Å². The predicted molar refractivity (Wildman–Crippen MR) is 87.8 cm³/mol. The highest BCUT2D eigenvalue weighted by molar-refractivity contribution is 7.89. The Labute approximate surface area is 150 Å². The van der Waals surface area contributed by atoms with Crippen LogP contribution in [0.3, 0.4) is 0 Å². The number of quaternary nitrogens is 1. The quantitative estimate of drug-likeness (QED) is 0.563. The van der Waals surface area contributed by atoms with Gasteiger partial charge in [-0.3, -0.25) is 0 Å². The van der Waals surface area contributed by atoms with Gasteiger partial charge in [0.2, 0.25) is 10.0 Å². The van der Waals surface area contributed by atoms with Crippen LogP contribution in [-0.2, 0) is 16.6 Å². The van der Waals surface area contributed by atoms with E-state index in [4.69, 9.17) is 0 Å². The van der Waals surface area contributed by atoms with E-state index in [0.29, 0.717) is 31.2 Å². The van der Waals surface area contributed by atoms with Crippen molar-refractivity contribution in [2.45, 2.75) is 56.7 Å². The fraction of sp³-hybridized carbons (Fsp3) is 0.647. The average Bonchev–Trinajstić information content (AvgIpc) is 2.98. The number of hydrogen-bond acceptors (Lipinski definition) is 3. The van der Waals surface area contributed by atoms with Crippen LogP contribution in [0.1, 0.15) is 39.2 Å². The van der Waals surface area contributed by atoms with Crippen LogP contribution in [0.2, 0.25) is 0 Å². The number of hydrogen-bond donors (Lipinski definition) is 3. The second kappa shape index (κ2) is 6.25. The van der Waals surface area contributed by atoms with Gasteiger partial charge in [0.1, 0.15) is 0 Å². The van der Waals surface area contributed by atoms with Crippen molar-refractivity contribution in [3.63, 3.8) is 0 Å². The Bertz CT molecular complexity index is 705. The molecule has 0 radical (unpaired) electrons. The Morgan fingerprint density at radius 2 is 1.79 bits per heavy atom. The van der Waals surface area contributed by atoms with Crippen LogP contribution in [0.15, 0.2) is 29.2 Å². The molecule has 0 unspecified atom stereocenters. The number of fused-ring (bicyclic) bond motifs is 1. The van der Waals surface area contributed by atoms with Crippen molar-refractivity contribution in [1.29, 1.82) is 0 Å². The van der Waals surface area contributed by atoms with E-state index < -0.39 is 21.7 Å². The average molecular weight is 375 g/mol. The zero-order chi connectivity index (χ0) is 17.0. The predicted octanol–water partition coefficient (Wildman–Crippen LogP) is -2.10. The molecule has 1 aromatic rings. The van der Waals surface area contributed by atoms with Crippen molar-refractivity contribution in [3.05, 3.63) is 29.8 Å². The van der Waals surface area contributed by atoms with E-state index in [0.717, 1.165) is 5.56 Å². The van der Waals surface area contributed by atoms with Crippen molar-refractivity contribution >= 4 is 10.0 Å². The van der Waals surface area contributed by atoms with E-state index >= 15 is 0 Å². The minimum atomic E-state index is -3.65. The Balaban J connectivity index is 0.00000208. The van der Waals surface area contributed by atoms with E-state index in [1.165, 1.54) is 0 Å². The van der Waals surface area contributed by atoms with Crippen molar-refractivity contribution < 1.29 is 31.7 Å². The molecule has 1 aromatic carbocycles. The van der Waals surface area contributed by atoms with Crippen LogP contribution < -0.4 is 22.9 Å². The van der Waals surface area contributed by atoms with Gasteiger partial charge in [-0.15, -0.1) is 0 Å². The number of halogens is 1. The van der Waals surface area contributed by atoms with Gasteiger partial charge in [0.15, 0.2) is 0 Å². The van der Waals surface area contributed by atoms with E-state index in [2.05, 4.69) is 24.3 Å². The summed E-state index contributed by atoms with van der Waals surface area (Å²) in [6.07, 6.45) is 0.693. The zero-order valence-electron chi connectivity index (χ0n) is 14.4. The molecule has 7 heteroatoms. The van der Waals surface area contributed by atoms with Gasteiger partial charge in [-0.1, -0.05) is 26.0 Å². The first-order chi connectivity index (χ1) is 10.6. The minimum Gasteiger partial charge on any atom is -1.00 e. The van der Waals surface area contributed by atoms with Crippen LogP contribution in [0, 0.1) is 17.3 Å². The third-order valence-electron chi connectivity index (χ3n) is 6.03. The van der Waals surface area contributed by atoms with Crippen molar-refractivity contribution in [2.24, 2.45) is 17.3 Å². The maximum Gasteiger partial charge on any atom is 0.241 e.